The van der Waals surface area contributed by atoms with Gasteiger partial charge in [-0.3, -0.25) is 19.3 Å². The third kappa shape index (κ3) is 5.67. The van der Waals surface area contributed by atoms with Crippen molar-refractivity contribution < 1.29 is 23.9 Å². The van der Waals surface area contributed by atoms with Gasteiger partial charge in [-0.2, -0.15) is 0 Å². The maximum Gasteiger partial charge on any atom is 0.294 e. The summed E-state index contributed by atoms with van der Waals surface area (Å²) in [4.78, 5) is 42.0. The number of carbonyl (C=O) groups excluding carboxylic acids is 3. The number of benzene rings is 4. The Balaban J connectivity index is 1.16. The number of imide groups is 1. The van der Waals surface area contributed by atoms with Crippen molar-refractivity contribution in [3.8, 4) is 11.5 Å². The molecule has 42 heavy (non-hydrogen) atoms. The van der Waals surface area contributed by atoms with Crippen molar-refractivity contribution in [2.24, 2.45) is 0 Å². The molecule has 0 atom stereocenters. The van der Waals surface area contributed by atoms with E-state index in [1.54, 1.807) is 30.2 Å². The zero-order chi connectivity index (χ0) is 29.2. The lowest BCUT2D eigenvalue weighted by Crippen LogP contribution is -2.44. The van der Waals surface area contributed by atoms with Crippen LogP contribution in [0, 0.1) is 0 Å². The summed E-state index contributed by atoms with van der Waals surface area (Å²) in [5.41, 5.74) is 4.01. The highest BCUT2D eigenvalue weighted by Gasteiger charge is 2.37. The predicted molar refractivity (Wildman–Crippen MR) is 167 cm³/mol. The van der Waals surface area contributed by atoms with Gasteiger partial charge < -0.3 is 14.4 Å². The molecule has 4 aromatic carbocycles. The smallest absolute Gasteiger partial charge is 0.294 e. The van der Waals surface area contributed by atoms with E-state index in [0.29, 0.717) is 41.2 Å². The summed E-state index contributed by atoms with van der Waals surface area (Å²) in [7, 11) is 1.55. The average molecular weight is 644 g/mol. The molecule has 2 aliphatic rings. The minimum atomic E-state index is -0.488. The molecule has 0 bridgehead atoms. The third-order valence-corrected chi connectivity index (χ3v) is 9.08. The summed E-state index contributed by atoms with van der Waals surface area (Å²) in [6, 6.07) is 25.8. The minimum Gasteiger partial charge on any atom is -0.493 e. The van der Waals surface area contributed by atoms with Crippen LogP contribution in [0.4, 0.5) is 4.79 Å². The zero-order valence-electron chi connectivity index (χ0n) is 22.8. The molecule has 1 saturated heterocycles. The molecule has 3 amide bonds. The highest BCUT2D eigenvalue weighted by atomic mass is 79.9. The van der Waals surface area contributed by atoms with E-state index in [-0.39, 0.29) is 17.4 Å². The lowest BCUT2D eigenvalue weighted by atomic mass is 10.00. The Bertz CT molecular complexity index is 1750. The summed E-state index contributed by atoms with van der Waals surface area (Å²) >= 11 is 4.40. The normalized spacial score (nSPS) is 15.8. The number of rotatable bonds is 7. The van der Waals surface area contributed by atoms with Crippen LogP contribution < -0.4 is 9.47 Å². The van der Waals surface area contributed by atoms with E-state index >= 15 is 0 Å². The molecule has 0 saturated carbocycles. The highest BCUT2D eigenvalue weighted by Crippen LogP contribution is 2.38. The van der Waals surface area contributed by atoms with Gasteiger partial charge >= 0.3 is 0 Å². The summed E-state index contributed by atoms with van der Waals surface area (Å²) in [6.45, 7) is 1.10. The van der Waals surface area contributed by atoms with Crippen molar-refractivity contribution in [3.05, 3.63) is 110 Å². The number of hydrogen-bond acceptors (Lipinski definition) is 6. The number of thioether (sulfide) groups is 1. The van der Waals surface area contributed by atoms with Gasteiger partial charge in [-0.25, -0.2) is 0 Å². The molecule has 6 rings (SSSR count). The van der Waals surface area contributed by atoms with Gasteiger partial charge in [-0.05, 0) is 69.4 Å². The number of nitrogens with zero attached hydrogens (tertiary/aromatic N) is 2. The second kappa shape index (κ2) is 12.0. The summed E-state index contributed by atoms with van der Waals surface area (Å²) < 4.78 is 12.4. The molecular formula is C33H27BrN2O5S. The SMILES string of the molecule is COc1cc(/C=C2\SC(=O)N(CC(=O)N3CCc4ccccc4C3)C2=O)c(Br)cc1OCc1cccc2ccccc12. The topological polar surface area (TPSA) is 76.2 Å². The standard InChI is InChI=1S/C33H27BrN2O5S/c1-40-28-15-25(27(34)17-29(28)41-20-24-11-6-10-22-8-4-5-12-26(22)24)16-30-32(38)36(33(39)42-30)19-31(37)35-14-13-21-7-2-3-9-23(21)18-35/h2-12,15-17H,13-14,18-20H2,1H3/b30-16-. The van der Waals surface area contributed by atoms with Crippen LogP contribution in [-0.4, -0.2) is 47.1 Å². The van der Waals surface area contributed by atoms with Gasteiger partial charge in [0.15, 0.2) is 11.5 Å². The predicted octanol–water partition coefficient (Wildman–Crippen LogP) is 6.81. The van der Waals surface area contributed by atoms with E-state index < -0.39 is 11.1 Å². The third-order valence-electron chi connectivity index (χ3n) is 7.48. The van der Waals surface area contributed by atoms with Gasteiger partial charge in [0, 0.05) is 17.6 Å². The fourth-order valence-electron chi connectivity index (χ4n) is 5.23. The molecule has 4 aromatic rings. The van der Waals surface area contributed by atoms with Crippen molar-refractivity contribution in [1.29, 1.82) is 0 Å². The van der Waals surface area contributed by atoms with E-state index in [1.165, 1.54) is 5.56 Å². The van der Waals surface area contributed by atoms with Crippen molar-refractivity contribution in [1.82, 2.24) is 9.80 Å². The number of ether oxygens (including phenoxy) is 2. The molecule has 0 radical (unpaired) electrons. The fourth-order valence-corrected chi connectivity index (χ4v) is 6.50. The molecule has 2 heterocycles. The highest BCUT2D eigenvalue weighted by molar-refractivity contribution is 9.10. The quantitative estimate of drug-likeness (QED) is 0.206. The van der Waals surface area contributed by atoms with Gasteiger partial charge in [0.1, 0.15) is 13.2 Å². The molecule has 212 valence electrons. The van der Waals surface area contributed by atoms with E-state index in [4.69, 9.17) is 9.47 Å². The fraction of sp³-hybridized carbons (Fsp3) is 0.182. The first-order chi connectivity index (χ1) is 20.4. The van der Waals surface area contributed by atoms with Crippen LogP contribution in [0.2, 0.25) is 0 Å². The van der Waals surface area contributed by atoms with Crippen LogP contribution >= 0.6 is 27.7 Å². The Hall–Kier alpha value is -4.08. The molecule has 1 fully saturated rings. The van der Waals surface area contributed by atoms with Crippen LogP contribution in [0.3, 0.4) is 0 Å². The van der Waals surface area contributed by atoms with Gasteiger partial charge in [0.05, 0.1) is 12.0 Å². The molecule has 0 unspecified atom stereocenters. The number of hydrogen-bond donors (Lipinski definition) is 0. The lowest BCUT2D eigenvalue weighted by molar-refractivity contribution is -0.136. The van der Waals surface area contributed by atoms with Crippen molar-refractivity contribution in [3.63, 3.8) is 0 Å². The molecular weight excluding hydrogens is 616 g/mol. The molecule has 9 heteroatoms. The van der Waals surface area contributed by atoms with Gasteiger partial charge in [-0.15, -0.1) is 0 Å². The summed E-state index contributed by atoms with van der Waals surface area (Å²) in [5.74, 6) is 0.294. The first-order valence-corrected chi connectivity index (χ1v) is 15.1. The number of methoxy groups -OCH3 is 1. The number of carbonyl (C=O) groups is 3. The zero-order valence-corrected chi connectivity index (χ0v) is 25.2. The number of halogens is 1. The summed E-state index contributed by atoms with van der Waals surface area (Å²) in [5, 5.41) is 1.79. The van der Waals surface area contributed by atoms with E-state index in [1.807, 2.05) is 42.5 Å². The molecule has 0 N–H and O–H groups in total. The molecule has 2 aliphatic heterocycles. The van der Waals surface area contributed by atoms with Crippen LogP contribution in [-0.2, 0) is 29.2 Å². The Labute approximate surface area is 256 Å². The lowest BCUT2D eigenvalue weighted by Gasteiger charge is -2.29. The maximum atomic E-state index is 13.2. The van der Waals surface area contributed by atoms with Crippen LogP contribution in [0.1, 0.15) is 22.3 Å². The Kier molecular flexibility index (Phi) is 8.04. The van der Waals surface area contributed by atoms with Crippen LogP contribution in [0.25, 0.3) is 16.8 Å². The largest absolute Gasteiger partial charge is 0.493 e. The van der Waals surface area contributed by atoms with Crippen molar-refractivity contribution in [2.75, 3.05) is 20.2 Å². The molecule has 0 aliphatic carbocycles. The second-order valence-corrected chi connectivity index (χ2v) is 11.9. The van der Waals surface area contributed by atoms with Gasteiger partial charge in [-0.1, -0.05) is 82.7 Å². The number of fused-ring (bicyclic) bond motifs is 2. The number of amides is 3. The molecule has 7 nitrogen and oxygen atoms in total. The first-order valence-electron chi connectivity index (χ1n) is 13.5. The van der Waals surface area contributed by atoms with E-state index in [9.17, 15) is 14.4 Å². The van der Waals surface area contributed by atoms with Crippen LogP contribution in [0.5, 0.6) is 11.5 Å². The first kappa shape index (κ1) is 28.1. The Morgan fingerprint density at radius 2 is 1.74 bits per heavy atom. The average Bonchev–Trinajstić information content (AvgIpc) is 3.27. The summed E-state index contributed by atoms with van der Waals surface area (Å²) in [6.07, 6.45) is 2.38. The Morgan fingerprint density at radius 3 is 2.57 bits per heavy atom. The Morgan fingerprint density at radius 1 is 0.976 bits per heavy atom. The second-order valence-electron chi connectivity index (χ2n) is 10.1. The minimum absolute atomic E-state index is 0.240. The van der Waals surface area contributed by atoms with Crippen molar-refractivity contribution >= 4 is 61.6 Å². The monoisotopic (exact) mass is 642 g/mol. The van der Waals surface area contributed by atoms with E-state index in [2.05, 4.69) is 40.2 Å². The van der Waals surface area contributed by atoms with Gasteiger partial charge in [0.25, 0.3) is 11.1 Å². The van der Waals surface area contributed by atoms with Crippen molar-refractivity contribution in [2.45, 2.75) is 19.6 Å². The van der Waals surface area contributed by atoms with E-state index in [0.717, 1.165) is 45.0 Å². The van der Waals surface area contributed by atoms with Gasteiger partial charge in [0.2, 0.25) is 5.91 Å². The molecule has 0 spiro atoms. The molecule has 0 aromatic heterocycles. The van der Waals surface area contributed by atoms with Crippen LogP contribution in [0.15, 0.2) is 88.2 Å². The maximum absolute atomic E-state index is 13.2.